The van der Waals surface area contributed by atoms with Crippen molar-refractivity contribution in [3.63, 3.8) is 0 Å². The topological polar surface area (TPSA) is 94.1 Å². The summed E-state index contributed by atoms with van der Waals surface area (Å²) in [7, 11) is 0. The fourth-order valence-electron chi connectivity index (χ4n) is 4.22. The Hall–Kier alpha value is -3.84. The molecule has 0 aliphatic carbocycles. The molecular weight excluding hydrogens is 506 g/mol. The van der Waals surface area contributed by atoms with E-state index in [9.17, 15) is 14.7 Å². The number of rotatable bonds is 9. The normalized spacial score (nSPS) is 12.4. The van der Waals surface area contributed by atoms with Crippen LogP contribution in [-0.2, 0) is 27.3 Å². The van der Waals surface area contributed by atoms with Crippen molar-refractivity contribution >= 4 is 12.1 Å². The van der Waals surface area contributed by atoms with E-state index in [1.807, 2.05) is 76.2 Å². The van der Waals surface area contributed by atoms with E-state index in [0.29, 0.717) is 12.4 Å². The van der Waals surface area contributed by atoms with Crippen LogP contribution in [0.15, 0.2) is 66.7 Å². The molecule has 1 atom stereocenters. The standard InChI is InChI=1S/C33H41NO6/c1-22-15-23(21-38-29-14-9-8-11-26(29)19-30(36)39-32(2,3)4)17-27(16-22)24-12-10-13-25(18-24)28(20-35)34-31(37)40-33(5,6)7/h8-18,28,35H,19-21H2,1-7H3,(H,34,37). The predicted octanol–water partition coefficient (Wildman–Crippen LogP) is 6.68. The van der Waals surface area contributed by atoms with E-state index in [-0.39, 0.29) is 19.0 Å². The van der Waals surface area contributed by atoms with E-state index in [4.69, 9.17) is 14.2 Å². The van der Waals surface area contributed by atoms with Gasteiger partial charge in [0.1, 0.15) is 23.6 Å². The highest BCUT2D eigenvalue weighted by Crippen LogP contribution is 2.27. The number of aliphatic hydroxyl groups excluding tert-OH is 1. The molecule has 0 bridgehead atoms. The monoisotopic (exact) mass is 547 g/mol. The van der Waals surface area contributed by atoms with E-state index < -0.39 is 23.3 Å². The van der Waals surface area contributed by atoms with E-state index in [2.05, 4.69) is 23.5 Å². The molecule has 0 spiro atoms. The minimum atomic E-state index is -0.637. The van der Waals surface area contributed by atoms with Crippen LogP contribution in [0.1, 0.15) is 69.8 Å². The molecule has 0 saturated carbocycles. The maximum absolute atomic E-state index is 12.4. The van der Waals surface area contributed by atoms with Crippen LogP contribution < -0.4 is 10.1 Å². The number of carbonyl (C=O) groups excluding carboxylic acids is 2. The minimum Gasteiger partial charge on any atom is -0.489 e. The van der Waals surface area contributed by atoms with Crippen molar-refractivity contribution in [2.45, 2.75) is 78.7 Å². The lowest BCUT2D eigenvalue weighted by atomic mass is 9.97. The average Bonchev–Trinajstić information content (AvgIpc) is 2.84. The SMILES string of the molecule is Cc1cc(COc2ccccc2CC(=O)OC(C)(C)C)cc(-c2cccc(C(CO)NC(=O)OC(C)(C)C)c2)c1. The Balaban J connectivity index is 1.77. The van der Waals surface area contributed by atoms with Crippen LogP contribution in [0.2, 0.25) is 0 Å². The molecule has 40 heavy (non-hydrogen) atoms. The summed E-state index contributed by atoms with van der Waals surface area (Å²) in [6.07, 6.45) is -0.457. The lowest BCUT2D eigenvalue weighted by Crippen LogP contribution is -2.36. The molecule has 7 heteroatoms. The van der Waals surface area contributed by atoms with Gasteiger partial charge in [0, 0.05) is 5.56 Å². The average molecular weight is 548 g/mol. The highest BCUT2D eigenvalue weighted by Gasteiger charge is 2.21. The van der Waals surface area contributed by atoms with Crippen LogP contribution in [0.5, 0.6) is 5.75 Å². The first-order valence-corrected chi connectivity index (χ1v) is 13.5. The van der Waals surface area contributed by atoms with Gasteiger partial charge in [-0.1, -0.05) is 54.1 Å². The Morgan fingerprint density at radius 1 is 0.850 bits per heavy atom. The van der Waals surface area contributed by atoms with Gasteiger partial charge in [0.25, 0.3) is 0 Å². The summed E-state index contributed by atoms with van der Waals surface area (Å²) in [6, 6.07) is 20.8. The summed E-state index contributed by atoms with van der Waals surface area (Å²) >= 11 is 0. The number of alkyl carbamates (subject to hydrolysis) is 1. The Bertz CT molecular complexity index is 1320. The molecule has 7 nitrogen and oxygen atoms in total. The van der Waals surface area contributed by atoms with E-state index in [1.165, 1.54) is 0 Å². The number of hydrogen-bond acceptors (Lipinski definition) is 6. The number of esters is 1. The molecule has 3 aromatic carbocycles. The number of aliphatic hydroxyl groups is 1. The predicted molar refractivity (Wildman–Crippen MR) is 156 cm³/mol. The van der Waals surface area contributed by atoms with Gasteiger partial charge in [0.05, 0.1) is 19.1 Å². The summed E-state index contributed by atoms with van der Waals surface area (Å²) < 4.78 is 17.0. The maximum atomic E-state index is 12.4. The molecule has 3 rings (SSSR count). The van der Waals surface area contributed by atoms with Gasteiger partial charge in [0.15, 0.2) is 0 Å². The molecule has 1 amide bonds. The van der Waals surface area contributed by atoms with Gasteiger partial charge < -0.3 is 24.6 Å². The quantitative estimate of drug-likeness (QED) is 0.290. The highest BCUT2D eigenvalue weighted by atomic mass is 16.6. The van der Waals surface area contributed by atoms with Crippen LogP contribution in [0, 0.1) is 6.92 Å². The molecule has 0 fully saturated rings. The molecule has 0 aliphatic heterocycles. The molecule has 0 radical (unpaired) electrons. The molecular formula is C33H41NO6. The number of ether oxygens (including phenoxy) is 3. The third-order valence-electron chi connectivity index (χ3n) is 5.75. The van der Waals surface area contributed by atoms with E-state index >= 15 is 0 Å². The number of aryl methyl sites for hydroxylation is 1. The summed E-state index contributed by atoms with van der Waals surface area (Å²) in [5.74, 6) is 0.334. The summed E-state index contributed by atoms with van der Waals surface area (Å²) in [5, 5.41) is 12.7. The Morgan fingerprint density at radius 2 is 1.55 bits per heavy atom. The third-order valence-corrected chi connectivity index (χ3v) is 5.75. The Kier molecular flexibility index (Phi) is 9.98. The third kappa shape index (κ3) is 9.72. The summed E-state index contributed by atoms with van der Waals surface area (Å²) in [6.45, 7) is 13.0. The first-order valence-electron chi connectivity index (χ1n) is 13.5. The fourth-order valence-corrected chi connectivity index (χ4v) is 4.22. The molecule has 0 aromatic heterocycles. The first kappa shape index (κ1) is 30.7. The van der Waals surface area contributed by atoms with Crippen molar-refractivity contribution in [1.82, 2.24) is 5.32 Å². The van der Waals surface area contributed by atoms with Gasteiger partial charge >= 0.3 is 12.1 Å². The molecule has 214 valence electrons. The number of nitrogens with one attached hydrogen (secondary N) is 1. The van der Waals surface area contributed by atoms with Crippen LogP contribution in [-0.4, -0.2) is 35.0 Å². The molecule has 2 N–H and O–H groups in total. The van der Waals surface area contributed by atoms with Crippen molar-refractivity contribution < 1.29 is 28.9 Å². The summed E-state index contributed by atoms with van der Waals surface area (Å²) in [5.41, 5.74) is 4.31. The number of amides is 1. The minimum absolute atomic E-state index is 0.128. The largest absolute Gasteiger partial charge is 0.489 e. The van der Waals surface area contributed by atoms with Crippen molar-refractivity contribution in [2.24, 2.45) is 0 Å². The van der Waals surface area contributed by atoms with Crippen LogP contribution in [0.25, 0.3) is 11.1 Å². The molecule has 3 aromatic rings. The van der Waals surface area contributed by atoms with Gasteiger partial charge in [-0.25, -0.2) is 4.79 Å². The van der Waals surface area contributed by atoms with E-state index in [0.717, 1.165) is 33.4 Å². The first-order chi connectivity index (χ1) is 18.7. The lowest BCUT2D eigenvalue weighted by Gasteiger charge is -2.23. The second kappa shape index (κ2) is 13.0. The van der Waals surface area contributed by atoms with Crippen LogP contribution in [0.4, 0.5) is 4.79 Å². The number of benzene rings is 3. The van der Waals surface area contributed by atoms with Gasteiger partial charge in [-0.05, 0) is 88.9 Å². The zero-order valence-electron chi connectivity index (χ0n) is 24.5. The number of para-hydroxylation sites is 1. The molecule has 1 unspecified atom stereocenters. The smallest absolute Gasteiger partial charge is 0.408 e. The molecule has 0 aliphatic rings. The van der Waals surface area contributed by atoms with Gasteiger partial charge in [-0.2, -0.15) is 0 Å². The lowest BCUT2D eigenvalue weighted by molar-refractivity contribution is -0.153. The van der Waals surface area contributed by atoms with Crippen molar-refractivity contribution in [1.29, 1.82) is 0 Å². The summed E-state index contributed by atoms with van der Waals surface area (Å²) in [4.78, 5) is 24.7. The molecule has 0 heterocycles. The van der Waals surface area contributed by atoms with Crippen molar-refractivity contribution in [3.05, 3.63) is 89.0 Å². The number of hydrogen-bond donors (Lipinski definition) is 2. The fraction of sp³-hybridized carbons (Fsp3) is 0.394. The van der Waals surface area contributed by atoms with Crippen LogP contribution >= 0.6 is 0 Å². The Morgan fingerprint density at radius 3 is 2.23 bits per heavy atom. The van der Waals surface area contributed by atoms with Gasteiger partial charge in [-0.15, -0.1) is 0 Å². The Labute approximate surface area is 237 Å². The highest BCUT2D eigenvalue weighted by molar-refractivity contribution is 5.74. The molecule has 0 saturated heterocycles. The van der Waals surface area contributed by atoms with Crippen molar-refractivity contribution in [2.75, 3.05) is 6.61 Å². The second-order valence-corrected chi connectivity index (χ2v) is 11.9. The second-order valence-electron chi connectivity index (χ2n) is 11.9. The van der Waals surface area contributed by atoms with Gasteiger partial charge in [-0.3, -0.25) is 4.79 Å². The zero-order valence-corrected chi connectivity index (χ0v) is 24.5. The number of carbonyl (C=O) groups is 2. The zero-order chi connectivity index (χ0) is 29.5. The van der Waals surface area contributed by atoms with Gasteiger partial charge in [0.2, 0.25) is 0 Å². The van der Waals surface area contributed by atoms with Crippen molar-refractivity contribution in [3.8, 4) is 16.9 Å². The van der Waals surface area contributed by atoms with Crippen LogP contribution in [0.3, 0.4) is 0 Å². The maximum Gasteiger partial charge on any atom is 0.408 e. The van der Waals surface area contributed by atoms with E-state index in [1.54, 1.807) is 20.8 Å².